The van der Waals surface area contributed by atoms with Gasteiger partial charge in [0.1, 0.15) is 6.10 Å². The summed E-state index contributed by atoms with van der Waals surface area (Å²) in [6.45, 7) is 5.13. The van der Waals surface area contributed by atoms with Gasteiger partial charge in [-0.2, -0.15) is 0 Å². The lowest BCUT2D eigenvalue weighted by molar-refractivity contribution is -0.147. The molecule has 0 radical (unpaired) electrons. The van der Waals surface area contributed by atoms with Gasteiger partial charge >= 0.3 is 0 Å². The third-order valence-electron chi connectivity index (χ3n) is 4.75. The van der Waals surface area contributed by atoms with Gasteiger partial charge in [-0.1, -0.05) is 0 Å². The van der Waals surface area contributed by atoms with E-state index in [9.17, 15) is 9.59 Å². The summed E-state index contributed by atoms with van der Waals surface area (Å²) in [5.41, 5.74) is 0. The van der Waals surface area contributed by atoms with Crippen LogP contribution in [0.25, 0.3) is 0 Å². The molecule has 0 spiro atoms. The van der Waals surface area contributed by atoms with Crippen LogP contribution in [-0.4, -0.2) is 73.6 Å². The largest absolute Gasteiger partial charge is 0.368 e. The molecule has 22 heavy (non-hydrogen) atoms. The Morgan fingerprint density at radius 2 is 1.64 bits per heavy atom. The van der Waals surface area contributed by atoms with Gasteiger partial charge in [0.15, 0.2) is 0 Å². The minimum Gasteiger partial charge on any atom is -0.368 e. The van der Waals surface area contributed by atoms with E-state index in [-0.39, 0.29) is 36.2 Å². The van der Waals surface area contributed by atoms with E-state index >= 15 is 0 Å². The summed E-state index contributed by atoms with van der Waals surface area (Å²) < 4.78 is 5.46. The molecule has 0 aromatic heterocycles. The van der Waals surface area contributed by atoms with Crippen LogP contribution in [0.15, 0.2) is 0 Å². The first-order valence-corrected chi connectivity index (χ1v) is 8.15. The molecule has 2 unspecified atom stereocenters. The van der Waals surface area contributed by atoms with Gasteiger partial charge in [-0.15, -0.1) is 12.4 Å². The molecule has 2 amide bonds. The van der Waals surface area contributed by atoms with Crippen molar-refractivity contribution in [1.82, 2.24) is 15.1 Å². The second-order valence-corrected chi connectivity index (χ2v) is 6.20. The highest BCUT2D eigenvalue weighted by Crippen LogP contribution is 2.18. The lowest BCUT2D eigenvalue weighted by Crippen LogP contribution is -2.54. The maximum absolute atomic E-state index is 12.4. The van der Waals surface area contributed by atoms with E-state index in [1.165, 1.54) is 0 Å². The smallest absolute Gasteiger partial charge is 0.251 e. The van der Waals surface area contributed by atoms with Crippen molar-refractivity contribution in [3.05, 3.63) is 0 Å². The molecule has 0 saturated carbocycles. The van der Waals surface area contributed by atoms with Crippen LogP contribution in [0.4, 0.5) is 0 Å². The van der Waals surface area contributed by atoms with E-state index in [4.69, 9.17) is 4.74 Å². The van der Waals surface area contributed by atoms with Crippen LogP contribution < -0.4 is 5.32 Å². The van der Waals surface area contributed by atoms with Crippen molar-refractivity contribution < 1.29 is 14.3 Å². The van der Waals surface area contributed by atoms with E-state index in [1.54, 1.807) is 0 Å². The summed E-state index contributed by atoms with van der Waals surface area (Å²) in [5, 5.41) is 3.29. The quantitative estimate of drug-likeness (QED) is 0.788. The monoisotopic (exact) mass is 331 g/mol. The van der Waals surface area contributed by atoms with E-state index in [0.717, 1.165) is 38.8 Å². The SMILES string of the molecule is Cl.O=C(C1CCCNC1)N1CCN(C(=O)C2CCCO2)CC1. The van der Waals surface area contributed by atoms with Crippen LogP contribution in [0.5, 0.6) is 0 Å². The summed E-state index contributed by atoms with van der Waals surface area (Å²) in [6.07, 6.45) is 3.64. The zero-order valence-corrected chi connectivity index (χ0v) is 13.8. The Hall–Kier alpha value is -0.850. The van der Waals surface area contributed by atoms with Gasteiger partial charge in [-0.05, 0) is 32.2 Å². The van der Waals surface area contributed by atoms with Crippen molar-refractivity contribution in [2.45, 2.75) is 31.8 Å². The fourth-order valence-electron chi connectivity index (χ4n) is 3.44. The zero-order valence-electron chi connectivity index (χ0n) is 13.0. The highest BCUT2D eigenvalue weighted by molar-refractivity contribution is 5.85. The first kappa shape index (κ1) is 17.5. The van der Waals surface area contributed by atoms with Crippen molar-refractivity contribution >= 4 is 24.2 Å². The summed E-state index contributed by atoms with van der Waals surface area (Å²) in [4.78, 5) is 28.5. The Morgan fingerprint density at radius 1 is 0.955 bits per heavy atom. The van der Waals surface area contributed by atoms with Crippen LogP contribution >= 0.6 is 12.4 Å². The standard InChI is InChI=1S/C15H25N3O3.ClH/c19-14(12-3-1-5-16-11-12)17-6-8-18(9-7-17)15(20)13-4-2-10-21-13;/h12-13,16H,1-11H2;1H. The van der Waals surface area contributed by atoms with Crippen molar-refractivity contribution in [3.63, 3.8) is 0 Å². The van der Waals surface area contributed by atoms with Gasteiger partial charge in [-0.3, -0.25) is 9.59 Å². The first-order valence-electron chi connectivity index (χ1n) is 8.15. The molecule has 2 atom stereocenters. The van der Waals surface area contributed by atoms with E-state index in [0.29, 0.717) is 32.8 Å². The first-order chi connectivity index (χ1) is 10.3. The van der Waals surface area contributed by atoms with E-state index < -0.39 is 0 Å². The highest BCUT2D eigenvalue weighted by Gasteiger charge is 2.33. The number of piperidine rings is 1. The van der Waals surface area contributed by atoms with Crippen LogP contribution in [0, 0.1) is 5.92 Å². The molecule has 3 saturated heterocycles. The molecular formula is C15H26ClN3O3. The molecular weight excluding hydrogens is 306 g/mol. The number of ether oxygens (including phenoxy) is 1. The molecule has 126 valence electrons. The van der Waals surface area contributed by atoms with Crippen molar-refractivity contribution in [2.75, 3.05) is 45.9 Å². The summed E-state index contributed by atoms with van der Waals surface area (Å²) >= 11 is 0. The summed E-state index contributed by atoms with van der Waals surface area (Å²) in [7, 11) is 0. The van der Waals surface area contributed by atoms with Crippen LogP contribution in [0.3, 0.4) is 0 Å². The summed E-state index contributed by atoms with van der Waals surface area (Å²) in [6, 6.07) is 0. The normalized spacial score (nSPS) is 29.1. The lowest BCUT2D eigenvalue weighted by Gasteiger charge is -2.37. The van der Waals surface area contributed by atoms with Gasteiger partial charge in [-0.25, -0.2) is 0 Å². The third kappa shape index (κ3) is 3.91. The van der Waals surface area contributed by atoms with Gasteiger partial charge < -0.3 is 19.9 Å². The number of piperazine rings is 1. The van der Waals surface area contributed by atoms with Gasteiger partial charge in [0.25, 0.3) is 5.91 Å². The maximum atomic E-state index is 12.4. The number of halogens is 1. The Kier molecular flexibility index (Phi) is 6.47. The molecule has 7 heteroatoms. The van der Waals surface area contributed by atoms with E-state index in [1.807, 2.05) is 9.80 Å². The second-order valence-electron chi connectivity index (χ2n) is 6.20. The molecule has 3 rings (SSSR count). The number of rotatable bonds is 2. The molecule has 3 aliphatic rings. The molecule has 0 aliphatic carbocycles. The molecule has 3 fully saturated rings. The Bertz CT molecular complexity index is 387. The fraction of sp³-hybridized carbons (Fsp3) is 0.867. The number of hydrogen-bond donors (Lipinski definition) is 1. The molecule has 1 N–H and O–H groups in total. The Morgan fingerprint density at radius 3 is 2.18 bits per heavy atom. The second kappa shape index (κ2) is 8.13. The number of carbonyl (C=O) groups is 2. The Balaban J connectivity index is 0.00000176. The van der Waals surface area contributed by atoms with Crippen molar-refractivity contribution in [3.8, 4) is 0 Å². The van der Waals surface area contributed by atoms with Crippen LogP contribution in [-0.2, 0) is 14.3 Å². The predicted molar refractivity (Wildman–Crippen MR) is 85.0 cm³/mol. The predicted octanol–water partition coefficient (Wildman–Crippen LogP) is 0.258. The van der Waals surface area contributed by atoms with Gasteiger partial charge in [0, 0.05) is 39.3 Å². The molecule has 0 bridgehead atoms. The van der Waals surface area contributed by atoms with Crippen LogP contribution in [0.2, 0.25) is 0 Å². The fourth-order valence-corrected chi connectivity index (χ4v) is 3.44. The number of nitrogens with one attached hydrogen (secondary N) is 1. The molecule has 3 heterocycles. The minimum atomic E-state index is -0.241. The number of nitrogens with zero attached hydrogens (tertiary/aromatic N) is 2. The third-order valence-corrected chi connectivity index (χ3v) is 4.75. The topological polar surface area (TPSA) is 61.9 Å². The average Bonchev–Trinajstić information content (AvgIpc) is 3.09. The molecule has 3 aliphatic heterocycles. The maximum Gasteiger partial charge on any atom is 0.251 e. The van der Waals surface area contributed by atoms with E-state index in [2.05, 4.69) is 5.32 Å². The minimum absolute atomic E-state index is 0. The summed E-state index contributed by atoms with van der Waals surface area (Å²) in [5.74, 6) is 0.490. The van der Waals surface area contributed by atoms with Crippen LogP contribution in [0.1, 0.15) is 25.7 Å². The number of carbonyl (C=O) groups excluding carboxylic acids is 2. The van der Waals surface area contributed by atoms with Crippen molar-refractivity contribution in [2.24, 2.45) is 5.92 Å². The van der Waals surface area contributed by atoms with Crippen molar-refractivity contribution in [1.29, 1.82) is 0 Å². The number of amides is 2. The lowest BCUT2D eigenvalue weighted by atomic mass is 9.98. The number of hydrogen-bond acceptors (Lipinski definition) is 4. The zero-order chi connectivity index (χ0) is 14.7. The highest BCUT2D eigenvalue weighted by atomic mass is 35.5. The van der Waals surface area contributed by atoms with Gasteiger partial charge in [0.2, 0.25) is 5.91 Å². The molecule has 6 nitrogen and oxygen atoms in total. The Labute approximate surface area is 137 Å². The molecule has 0 aromatic rings. The van der Waals surface area contributed by atoms with Gasteiger partial charge in [0.05, 0.1) is 5.92 Å². The average molecular weight is 332 g/mol. The molecule has 0 aromatic carbocycles.